The van der Waals surface area contributed by atoms with E-state index in [1.807, 2.05) is 0 Å². The van der Waals surface area contributed by atoms with Crippen LogP contribution in [-0.2, 0) is 4.74 Å². The van der Waals surface area contributed by atoms with Crippen molar-refractivity contribution in [1.29, 1.82) is 0 Å². The van der Waals surface area contributed by atoms with Crippen molar-refractivity contribution in [3.8, 4) is 0 Å². The molecule has 3 unspecified atom stereocenters. The monoisotopic (exact) mass is 207 g/mol. The first-order chi connectivity index (χ1) is 7.42. The Morgan fingerprint density at radius 3 is 2.67 bits per heavy atom. The Hall–Kier alpha value is -0.340. The molecule has 3 rings (SSSR count). The van der Waals surface area contributed by atoms with Crippen molar-refractivity contribution in [1.82, 2.24) is 5.32 Å². The third-order valence-corrected chi connectivity index (χ3v) is 4.31. The molecule has 3 atom stereocenters. The van der Waals surface area contributed by atoms with Crippen LogP contribution in [-0.4, -0.2) is 25.8 Å². The van der Waals surface area contributed by atoms with Gasteiger partial charge in [0.2, 0.25) is 0 Å². The Morgan fingerprint density at radius 2 is 2.00 bits per heavy atom. The van der Waals surface area contributed by atoms with E-state index >= 15 is 0 Å². The molecular formula is C13H21NO. The summed E-state index contributed by atoms with van der Waals surface area (Å²) in [6.07, 6.45) is 10.1. The molecule has 2 fully saturated rings. The number of rotatable bonds is 3. The Morgan fingerprint density at radius 1 is 1.13 bits per heavy atom. The maximum atomic E-state index is 5.37. The van der Waals surface area contributed by atoms with Gasteiger partial charge in [0.25, 0.3) is 0 Å². The van der Waals surface area contributed by atoms with Crippen molar-refractivity contribution in [2.45, 2.75) is 31.7 Å². The molecule has 3 aliphatic rings. The number of hydrogen-bond donors (Lipinski definition) is 1. The summed E-state index contributed by atoms with van der Waals surface area (Å²) in [5, 5.41) is 3.73. The molecule has 0 amide bonds. The molecule has 1 aliphatic heterocycles. The summed E-state index contributed by atoms with van der Waals surface area (Å²) in [5.41, 5.74) is 0. The molecular weight excluding hydrogens is 186 g/mol. The minimum atomic E-state index is 0.724. The molecule has 15 heavy (non-hydrogen) atoms. The lowest BCUT2D eigenvalue weighted by atomic mass is 9.93. The van der Waals surface area contributed by atoms with Gasteiger partial charge >= 0.3 is 0 Å². The lowest BCUT2D eigenvalue weighted by Gasteiger charge is -2.26. The zero-order valence-corrected chi connectivity index (χ0v) is 9.32. The highest BCUT2D eigenvalue weighted by atomic mass is 16.5. The fourth-order valence-corrected chi connectivity index (χ4v) is 3.35. The van der Waals surface area contributed by atoms with Crippen LogP contribution in [0, 0.1) is 17.8 Å². The van der Waals surface area contributed by atoms with Crippen molar-refractivity contribution in [2.75, 3.05) is 19.8 Å². The van der Waals surface area contributed by atoms with E-state index in [1.54, 1.807) is 0 Å². The minimum absolute atomic E-state index is 0.724. The first kappa shape index (κ1) is 9.86. The van der Waals surface area contributed by atoms with Gasteiger partial charge in [-0.05, 0) is 50.0 Å². The maximum Gasteiger partial charge on any atom is 0.0480 e. The van der Waals surface area contributed by atoms with Gasteiger partial charge in [0.15, 0.2) is 0 Å². The molecule has 0 aromatic rings. The Bertz CT molecular complexity index is 245. The zero-order valence-electron chi connectivity index (χ0n) is 9.32. The molecule has 84 valence electrons. The van der Waals surface area contributed by atoms with Crippen LogP contribution in [0.3, 0.4) is 0 Å². The number of ether oxygens (including phenoxy) is 1. The summed E-state index contributed by atoms with van der Waals surface area (Å²) in [7, 11) is 0. The van der Waals surface area contributed by atoms with Gasteiger partial charge < -0.3 is 10.1 Å². The smallest absolute Gasteiger partial charge is 0.0480 e. The van der Waals surface area contributed by atoms with Crippen LogP contribution in [0.25, 0.3) is 0 Å². The Labute approximate surface area is 92.1 Å². The first-order valence-corrected chi connectivity index (χ1v) is 6.41. The lowest BCUT2D eigenvalue weighted by Crippen LogP contribution is -2.38. The van der Waals surface area contributed by atoms with E-state index in [-0.39, 0.29) is 0 Å². The summed E-state index contributed by atoms with van der Waals surface area (Å²) in [6.45, 7) is 3.14. The van der Waals surface area contributed by atoms with E-state index < -0.39 is 0 Å². The zero-order chi connectivity index (χ0) is 10.1. The van der Waals surface area contributed by atoms with E-state index in [1.165, 1.54) is 32.2 Å². The van der Waals surface area contributed by atoms with Gasteiger partial charge in [0, 0.05) is 19.3 Å². The number of fused-ring (bicyclic) bond motifs is 2. The molecule has 2 heteroatoms. The topological polar surface area (TPSA) is 21.3 Å². The maximum absolute atomic E-state index is 5.37. The fourth-order valence-electron chi connectivity index (χ4n) is 3.35. The predicted molar refractivity (Wildman–Crippen MR) is 60.7 cm³/mol. The van der Waals surface area contributed by atoms with Crippen LogP contribution in [0.2, 0.25) is 0 Å². The molecule has 0 radical (unpaired) electrons. The van der Waals surface area contributed by atoms with Gasteiger partial charge in [-0.25, -0.2) is 0 Å². The Balaban J connectivity index is 1.44. The molecule has 0 spiro atoms. The van der Waals surface area contributed by atoms with Crippen LogP contribution < -0.4 is 5.32 Å². The summed E-state index contributed by atoms with van der Waals surface area (Å²) >= 11 is 0. The normalized spacial score (nSPS) is 40.1. The van der Waals surface area contributed by atoms with Crippen LogP contribution >= 0.6 is 0 Å². The second-order valence-electron chi connectivity index (χ2n) is 5.34. The minimum Gasteiger partial charge on any atom is -0.381 e. The van der Waals surface area contributed by atoms with Crippen molar-refractivity contribution >= 4 is 0 Å². The van der Waals surface area contributed by atoms with E-state index in [9.17, 15) is 0 Å². The highest BCUT2D eigenvalue weighted by Gasteiger charge is 2.35. The summed E-state index contributed by atoms with van der Waals surface area (Å²) in [4.78, 5) is 0. The largest absolute Gasteiger partial charge is 0.381 e. The molecule has 1 saturated heterocycles. The van der Waals surface area contributed by atoms with Gasteiger partial charge in [-0.2, -0.15) is 0 Å². The van der Waals surface area contributed by atoms with Crippen molar-refractivity contribution in [3.05, 3.63) is 12.2 Å². The molecule has 0 aromatic heterocycles. The lowest BCUT2D eigenvalue weighted by molar-refractivity contribution is 0.0766. The average Bonchev–Trinajstić information content (AvgIpc) is 2.89. The standard InChI is InChI=1S/C13H21NO/c1-2-11-7-10(1)8-12(11)9-14-13-3-5-15-6-4-13/h1-2,10-14H,3-9H2. The van der Waals surface area contributed by atoms with Crippen LogP contribution in [0.4, 0.5) is 0 Å². The van der Waals surface area contributed by atoms with Gasteiger partial charge in [-0.1, -0.05) is 12.2 Å². The SMILES string of the molecule is C1=CC2CC1CC2CNC1CCOCC1. The van der Waals surface area contributed by atoms with E-state index in [2.05, 4.69) is 17.5 Å². The second-order valence-corrected chi connectivity index (χ2v) is 5.34. The molecule has 2 bridgehead atoms. The summed E-state index contributed by atoms with van der Waals surface area (Å²) in [5.74, 6) is 2.72. The average molecular weight is 207 g/mol. The van der Waals surface area contributed by atoms with Crippen LogP contribution in [0.15, 0.2) is 12.2 Å². The van der Waals surface area contributed by atoms with Crippen LogP contribution in [0.5, 0.6) is 0 Å². The third-order valence-electron chi connectivity index (χ3n) is 4.31. The quantitative estimate of drug-likeness (QED) is 0.714. The van der Waals surface area contributed by atoms with E-state index in [0.29, 0.717) is 0 Å². The van der Waals surface area contributed by atoms with Crippen molar-refractivity contribution in [2.24, 2.45) is 17.8 Å². The highest BCUT2D eigenvalue weighted by Crippen LogP contribution is 2.43. The van der Waals surface area contributed by atoms with Crippen LogP contribution in [0.1, 0.15) is 25.7 Å². The number of hydrogen-bond acceptors (Lipinski definition) is 2. The molecule has 1 heterocycles. The second kappa shape index (κ2) is 4.26. The van der Waals surface area contributed by atoms with E-state index in [0.717, 1.165) is 37.0 Å². The predicted octanol–water partition coefficient (Wildman–Crippen LogP) is 1.97. The molecule has 1 N–H and O–H groups in total. The highest BCUT2D eigenvalue weighted by molar-refractivity contribution is 5.10. The molecule has 1 saturated carbocycles. The van der Waals surface area contributed by atoms with Gasteiger partial charge in [-0.15, -0.1) is 0 Å². The molecule has 2 aliphatic carbocycles. The van der Waals surface area contributed by atoms with Gasteiger partial charge in [0.1, 0.15) is 0 Å². The molecule has 0 aromatic carbocycles. The van der Waals surface area contributed by atoms with Gasteiger partial charge in [-0.3, -0.25) is 0 Å². The summed E-state index contributed by atoms with van der Waals surface area (Å²) in [6, 6.07) is 0.724. The molecule has 2 nitrogen and oxygen atoms in total. The Kier molecular flexibility index (Phi) is 2.80. The summed E-state index contributed by atoms with van der Waals surface area (Å²) < 4.78 is 5.37. The number of nitrogens with one attached hydrogen (secondary N) is 1. The van der Waals surface area contributed by atoms with Gasteiger partial charge in [0.05, 0.1) is 0 Å². The van der Waals surface area contributed by atoms with Crippen molar-refractivity contribution in [3.63, 3.8) is 0 Å². The van der Waals surface area contributed by atoms with E-state index in [4.69, 9.17) is 4.74 Å². The number of allylic oxidation sites excluding steroid dienone is 2. The van der Waals surface area contributed by atoms with Crippen molar-refractivity contribution < 1.29 is 4.74 Å². The fraction of sp³-hybridized carbons (Fsp3) is 0.846. The third kappa shape index (κ3) is 2.11. The first-order valence-electron chi connectivity index (χ1n) is 6.41.